The predicted molar refractivity (Wildman–Crippen MR) is 170 cm³/mol. The summed E-state index contributed by atoms with van der Waals surface area (Å²) in [7, 11) is 3.58. The van der Waals surface area contributed by atoms with Gasteiger partial charge in [-0.15, -0.1) is 29.1 Å². The average Bonchev–Trinajstić information content (AvgIpc) is 3.17. The number of carbonyl (C=O) groups is 1. The van der Waals surface area contributed by atoms with Crippen LogP contribution in [0.3, 0.4) is 0 Å². The molecule has 0 saturated heterocycles. The van der Waals surface area contributed by atoms with Crippen LogP contribution in [0.2, 0.25) is 0 Å². The van der Waals surface area contributed by atoms with Gasteiger partial charge in [-0.25, -0.2) is 4.79 Å². The monoisotopic (exact) mass is 749 g/mol. The van der Waals surface area contributed by atoms with Gasteiger partial charge >= 0.3 is 5.69 Å². The van der Waals surface area contributed by atoms with Crippen molar-refractivity contribution >= 4 is 27.6 Å². The van der Waals surface area contributed by atoms with Crippen LogP contribution < -0.4 is 5.69 Å². The number of allylic oxidation sites excluding steroid dienone is 2. The fraction of sp³-hybridized carbons (Fsp3) is 0.457. The fourth-order valence-electron chi connectivity index (χ4n) is 5.42. The van der Waals surface area contributed by atoms with E-state index in [2.05, 4.69) is 56.1 Å². The number of carbonyl (C=O) groups excluding carboxylic acids is 1. The van der Waals surface area contributed by atoms with Crippen LogP contribution in [0, 0.1) is 17.9 Å². The first-order chi connectivity index (χ1) is 19.4. The molecule has 2 aromatic carbocycles. The third kappa shape index (κ3) is 7.48. The number of aryl methyl sites for hydroxylation is 2. The van der Waals surface area contributed by atoms with Crippen LogP contribution in [0.4, 0.5) is 0 Å². The summed E-state index contributed by atoms with van der Waals surface area (Å²) in [6.07, 6.45) is 6.67. The summed E-state index contributed by atoms with van der Waals surface area (Å²) in [6, 6.07) is 15.9. The van der Waals surface area contributed by atoms with Gasteiger partial charge in [0.05, 0.1) is 16.8 Å². The van der Waals surface area contributed by atoms with Crippen molar-refractivity contribution in [2.45, 2.75) is 79.6 Å². The first kappa shape index (κ1) is 35.2. The van der Waals surface area contributed by atoms with Crippen LogP contribution in [0.5, 0.6) is 0 Å². The molecule has 0 unspecified atom stereocenters. The van der Waals surface area contributed by atoms with Gasteiger partial charge in [-0.3, -0.25) is 18.9 Å². The second kappa shape index (κ2) is 14.9. The molecule has 229 valence electrons. The van der Waals surface area contributed by atoms with Crippen LogP contribution >= 0.6 is 0 Å². The Morgan fingerprint density at radius 3 is 2.14 bits per heavy atom. The van der Waals surface area contributed by atoms with Crippen LogP contribution in [-0.2, 0) is 44.4 Å². The number of aromatic nitrogens is 3. The van der Waals surface area contributed by atoms with Crippen molar-refractivity contribution in [2.24, 2.45) is 25.9 Å². The third-order valence-electron chi connectivity index (χ3n) is 8.09. The summed E-state index contributed by atoms with van der Waals surface area (Å²) in [5.74, 6) is 0.547. The van der Waals surface area contributed by atoms with Crippen LogP contribution in [0.25, 0.3) is 33.1 Å². The number of aliphatic hydroxyl groups is 1. The van der Waals surface area contributed by atoms with Crippen molar-refractivity contribution < 1.29 is 30.0 Å². The maximum absolute atomic E-state index is 12.4. The van der Waals surface area contributed by atoms with E-state index in [0.29, 0.717) is 0 Å². The Morgan fingerprint density at radius 1 is 0.976 bits per heavy atom. The summed E-state index contributed by atoms with van der Waals surface area (Å²) in [5, 5.41) is 12.0. The number of ketones is 1. The minimum atomic E-state index is -0.0499. The molecule has 2 heterocycles. The molecular weight excluding hydrogens is 703 g/mol. The molecular formula is C35H46IrN3O3-. The van der Waals surface area contributed by atoms with Crippen molar-refractivity contribution in [3.63, 3.8) is 0 Å². The molecule has 0 aliphatic carbocycles. The number of benzene rings is 2. The Kier molecular flexibility index (Phi) is 12.5. The van der Waals surface area contributed by atoms with Gasteiger partial charge in [0.2, 0.25) is 0 Å². The number of fused-ring (bicyclic) bond motifs is 2. The first-order valence-electron chi connectivity index (χ1n) is 14.8. The number of hydrogen-bond donors (Lipinski definition) is 1. The molecule has 0 saturated carbocycles. The van der Waals surface area contributed by atoms with Gasteiger partial charge < -0.3 is 5.11 Å². The van der Waals surface area contributed by atoms with E-state index in [0.717, 1.165) is 53.4 Å². The normalized spacial score (nSPS) is 12.0. The summed E-state index contributed by atoms with van der Waals surface area (Å²) in [5.41, 5.74) is 4.61. The van der Waals surface area contributed by atoms with E-state index in [1.165, 1.54) is 17.0 Å². The van der Waals surface area contributed by atoms with Gasteiger partial charge in [0, 0.05) is 64.0 Å². The number of hydrogen-bond acceptors (Lipinski definition) is 4. The zero-order valence-electron chi connectivity index (χ0n) is 26.5. The van der Waals surface area contributed by atoms with E-state index in [9.17, 15) is 14.7 Å². The molecule has 0 aliphatic rings. The quantitative estimate of drug-likeness (QED) is 0.112. The van der Waals surface area contributed by atoms with Gasteiger partial charge in [-0.1, -0.05) is 77.6 Å². The first-order valence-corrected chi connectivity index (χ1v) is 14.8. The summed E-state index contributed by atoms with van der Waals surface area (Å²) >= 11 is 0. The number of aliphatic hydroxyl groups excluding tert-OH is 1. The maximum atomic E-state index is 12.4. The SMILES string of the molecule is CCC(CC)C(=O)/C=C(\O)C(CC)CC.Cn1c(=O)n(C)c2c(-c3[c-]c4ccccc4c(C(C)(C)C)c3)nccc21.[Ir]. The van der Waals surface area contributed by atoms with E-state index >= 15 is 0 Å². The number of imidazole rings is 1. The summed E-state index contributed by atoms with van der Waals surface area (Å²) < 4.78 is 3.32. The van der Waals surface area contributed by atoms with Crippen molar-refractivity contribution in [1.29, 1.82) is 0 Å². The van der Waals surface area contributed by atoms with E-state index < -0.39 is 0 Å². The zero-order valence-corrected chi connectivity index (χ0v) is 28.9. The minimum absolute atomic E-state index is 0. The van der Waals surface area contributed by atoms with E-state index in [4.69, 9.17) is 0 Å². The third-order valence-corrected chi connectivity index (χ3v) is 8.09. The largest absolute Gasteiger partial charge is 0.512 e. The van der Waals surface area contributed by atoms with Gasteiger partial charge in [0.1, 0.15) is 0 Å². The molecule has 1 radical (unpaired) electrons. The molecule has 4 rings (SSSR count). The Hall–Kier alpha value is -3.02. The number of pyridine rings is 1. The number of rotatable bonds is 8. The molecule has 2 aromatic heterocycles. The molecule has 1 N–H and O–H groups in total. The maximum Gasteiger partial charge on any atom is 0.328 e. The predicted octanol–water partition coefficient (Wildman–Crippen LogP) is 8.06. The van der Waals surface area contributed by atoms with E-state index in [1.54, 1.807) is 29.4 Å². The topological polar surface area (TPSA) is 77.1 Å². The average molecular weight is 749 g/mol. The standard InChI is InChI=1S/C22H22N3O.C13H24O2.Ir/c1-22(2,3)17-13-15(12-14-8-6-7-9-16(14)17)19-20-18(10-11-23-19)24(4)21(26)25(20)5;1-5-10(6-2)12(14)9-13(15)11(7-3)8-4;/h6-11,13H,1-5H3;9-11,14H,5-8H2,1-4H3;/q-1;;/b;12-9-;. The Bertz CT molecular complexity index is 1600. The molecule has 0 fully saturated rings. The van der Waals surface area contributed by atoms with Crippen molar-refractivity contribution in [3.05, 3.63) is 76.5 Å². The summed E-state index contributed by atoms with van der Waals surface area (Å²) in [6.45, 7) is 14.7. The van der Waals surface area contributed by atoms with Gasteiger partial charge in [-0.05, 0) is 37.2 Å². The smallest absolute Gasteiger partial charge is 0.328 e. The zero-order chi connectivity index (χ0) is 30.5. The molecule has 0 atom stereocenters. The van der Waals surface area contributed by atoms with Gasteiger partial charge in [-0.2, -0.15) is 0 Å². The minimum Gasteiger partial charge on any atom is -0.512 e. The van der Waals surface area contributed by atoms with Crippen molar-refractivity contribution in [3.8, 4) is 11.3 Å². The Labute approximate surface area is 264 Å². The second-order valence-corrected chi connectivity index (χ2v) is 11.8. The Morgan fingerprint density at radius 2 is 1.57 bits per heavy atom. The molecule has 0 spiro atoms. The van der Waals surface area contributed by atoms with Crippen molar-refractivity contribution in [1.82, 2.24) is 14.1 Å². The van der Waals surface area contributed by atoms with E-state index in [-0.39, 0.29) is 54.6 Å². The Balaban J connectivity index is 0.000000334. The molecule has 42 heavy (non-hydrogen) atoms. The molecule has 6 nitrogen and oxygen atoms in total. The molecule has 7 heteroatoms. The van der Waals surface area contributed by atoms with Crippen LogP contribution in [0.1, 0.15) is 79.7 Å². The van der Waals surface area contributed by atoms with Gasteiger partial charge in [0.25, 0.3) is 0 Å². The molecule has 0 bridgehead atoms. The van der Waals surface area contributed by atoms with Crippen LogP contribution in [-0.4, -0.2) is 25.0 Å². The number of nitrogens with zero attached hydrogens (tertiary/aromatic N) is 3. The molecule has 0 aliphatic heterocycles. The summed E-state index contributed by atoms with van der Waals surface area (Å²) in [4.78, 5) is 28.7. The fourth-order valence-corrected chi connectivity index (χ4v) is 5.42. The molecule has 0 amide bonds. The van der Waals surface area contributed by atoms with Gasteiger partial charge in [0.15, 0.2) is 5.78 Å². The van der Waals surface area contributed by atoms with E-state index in [1.807, 2.05) is 39.8 Å². The molecule has 4 aromatic rings. The second-order valence-electron chi connectivity index (χ2n) is 11.8. The van der Waals surface area contributed by atoms with Crippen LogP contribution in [0.15, 0.2) is 59.2 Å². The van der Waals surface area contributed by atoms with Crippen molar-refractivity contribution in [2.75, 3.05) is 0 Å².